The normalized spacial score (nSPS) is 18.2. The van der Waals surface area contributed by atoms with Gasteiger partial charge in [0.15, 0.2) is 0 Å². The maximum atomic E-state index is 10.5. The average molecular weight is 338 g/mol. The van der Waals surface area contributed by atoms with Crippen molar-refractivity contribution >= 4 is 30.5 Å². The number of likely N-dealkylation sites (tertiary alicyclic amines) is 1. The molecule has 0 spiro atoms. The first-order valence-electron chi connectivity index (χ1n) is 6.50. The highest BCUT2D eigenvalue weighted by Crippen LogP contribution is 2.17. The summed E-state index contributed by atoms with van der Waals surface area (Å²) in [6, 6.07) is 6.42. The molecule has 0 saturated carbocycles. The van der Waals surface area contributed by atoms with Crippen molar-refractivity contribution in [2.24, 2.45) is 5.73 Å². The molecule has 1 heterocycles. The Morgan fingerprint density at radius 1 is 1.33 bits per heavy atom. The maximum Gasteiger partial charge on any atom is 0.269 e. The molecule has 1 atom stereocenters. The average Bonchev–Trinajstić information content (AvgIpc) is 2.39. The minimum Gasteiger partial charge on any atom is -0.492 e. The monoisotopic (exact) mass is 337 g/mol. The fourth-order valence-corrected chi connectivity index (χ4v) is 2.25. The van der Waals surface area contributed by atoms with Crippen molar-refractivity contribution in [3.8, 4) is 5.75 Å². The van der Waals surface area contributed by atoms with Crippen molar-refractivity contribution in [3.63, 3.8) is 0 Å². The summed E-state index contributed by atoms with van der Waals surface area (Å²) in [5.41, 5.74) is 5.98. The first kappa shape index (κ1) is 19.9. The van der Waals surface area contributed by atoms with Gasteiger partial charge in [0, 0.05) is 31.3 Å². The summed E-state index contributed by atoms with van der Waals surface area (Å²) < 4.78 is 5.57. The second-order valence-electron chi connectivity index (χ2n) is 4.80. The number of hydrogen-bond donors (Lipinski definition) is 1. The lowest BCUT2D eigenvalue weighted by atomic mass is 10.1. The Morgan fingerprint density at radius 2 is 2.00 bits per heavy atom. The second-order valence-corrected chi connectivity index (χ2v) is 4.80. The number of nitro benzene ring substituents is 1. The van der Waals surface area contributed by atoms with Crippen LogP contribution in [0.2, 0.25) is 0 Å². The number of nitrogens with two attached hydrogens (primary N) is 1. The van der Waals surface area contributed by atoms with Crippen molar-refractivity contribution in [2.75, 3.05) is 26.2 Å². The van der Waals surface area contributed by atoms with E-state index in [0.717, 1.165) is 32.5 Å². The third-order valence-corrected chi connectivity index (χ3v) is 3.27. The van der Waals surface area contributed by atoms with Gasteiger partial charge in [-0.1, -0.05) is 0 Å². The largest absolute Gasteiger partial charge is 0.492 e. The van der Waals surface area contributed by atoms with Gasteiger partial charge in [0.25, 0.3) is 5.69 Å². The number of rotatable bonds is 5. The smallest absolute Gasteiger partial charge is 0.269 e. The standard InChI is InChI=1S/C13H19N3O3.2ClH/c14-11-2-1-7-15(10-11)8-9-19-13-5-3-12(4-6-13)16(17)18;;/h3-6,11H,1-2,7-10,14H2;2*1H. The molecule has 0 aliphatic carbocycles. The van der Waals surface area contributed by atoms with Crippen LogP contribution >= 0.6 is 24.8 Å². The fraction of sp³-hybridized carbons (Fsp3) is 0.538. The summed E-state index contributed by atoms with van der Waals surface area (Å²) >= 11 is 0. The zero-order valence-corrected chi connectivity index (χ0v) is 13.3. The molecule has 1 aromatic rings. The lowest BCUT2D eigenvalue weighted by Crippen LogP contribution is -2.44. The highest BCUT2D eigenvalue weighted by atomic mass is 35.5. The van der Waals surface area contributed by atoms with Gasteiger partial charge in [-0.3, -0.25) is 15.0 Å². The zero-order valence-electron chi connectivity index (χ0n) is 11.6. The number of nitro groups is 1. The van der Waals surface area contributed by atoms with Crippen LogP contribution in [0.3, 0.4) is 0 Å². The molecule has 0 aromatic heterocycles. The molecule has 21 heavy (non-hydrogen) atoms. The van der Waals surface area contributed by atoms with Crippen LogP contribution in [0.15, 0.2) is 24.3 Å². The molecule has 0 bridgehead atoms. The van der Waals surface area contributed by atoms with Crippen LogP contribution in [0.25, 0.3) is 0 Å². The number of hydrogen-bond acceptors (Lipinski definition) is 5. The van der Waals surface area contributed by atoms with Crippen LogP contribution < -0.4 is 10.5 Å². The van der Waals surface area contributed by atoms with Crippen LogP contribution in [0.1, 0.15) is 12.8 Å². The Hall–Kier alpha value is -1.08. The molecule has 2 N–H and O–H groups in total. The Balaban J connectivity index is 0.00000200. The van der Waals surface area contributed by atoms with E-state index in [4.69, 9.17) is 10.5 Å². The van der Waals surface area contributed by atoms with Gasteiger partial charge >= 0.3 is 0 Å². The fourth-order valence-electron chi connectivity index (χ4n) is 2.25. The molecule has 1 saturated heterocycles. The molecule has 1 unspecified atom stereocenters. The van der Waals surface area contributed by atoms with Gasteiger partial charge in [-0.15, -0.1) is 24.8 Å². The summed E-state index contributed by atoms with van der Waals surface area (Å²) in [4.78, 5) is 12.4. The summed E-state index contributed by atoms with van der Waals surface area (Å²) in [6.45, 7) is 3.40. The van der Waals surface area contributed by atoms with E-state index in [1.54, 1.807) is 12.1 Å². The summed E-state index contributed by atoms with van der Waals surface area (Å²) in [5, 5.41) is 10.5. The number of benzene rings is 1. The quantitative estimate of drug-likeness (QED) is 0.658. The van der Waals surface area contributed by atoms with E-state index in [0.29, 0.717) is 12.4 Å². The molecule has 2 rings (SSSR count). The molecule has 1 fully saturated rings. The third-order valence-electron chi connectivity index (χ3n) is 3.27. The summed E-state index contributed by atoms with van der Waals surface area (Å²) in [5.74, 6) is 0.659. The van der Waals surface area contributed by atoms with Crippen molar-refractivity contribution < 1.29 is 9.66 Å². The molecule has 6 nitrogen and oxygen atoms in total. The molecule has 0 radical (unpaired) electrons. The number of nitrogens with zero attached hydrogens (tertiary/aromatic N) is 2. The number of ether oxygens (including phenoxy) is 1. The molecular weight excluding hydrogens is 317 g/mol. The maximum absolute atomic E-state index is 10.5. The van der Waals surface area contributed by atoms with Crippen molar-refractivity contribution in [2.45, 2.75) is 18.9 Å². The van der Waals surface area contributed by atoms with E-state index in [9.17, 15) is 10.1 Å². The zero-order chi connectivity index (χ0) is 13.7. The number of piperidine rings is 1. The van der Waals surface area contributed by atoms with Crippen LogP contribution in [0.4, 0.5) is 5.69 Å². The molecule has 120 valence electrons. The van der Waals surface area contributed by atoms with Crippen LogP contribution in [0.5, 0.6) is 5.75 Å². The van der Waals surface area contributed by atoms with E-state index >= 15 is 0 Å². The highest BCUT2D eigenvalue weighted by Gasteiger charge is 2.16. The van der Waals surface area contributed by atoms with Gasteiger partial charge in [-0.05, 0) is 31.5 Å². The van der Waals surface area contributed by atoms with E-state index in [2.05, 4.69) is 4.90 Å². The van der Waals surface area contributed by atoms with Gasteiger partial charge in [0.05, 0.1) is 4.92 Å². The van der Waals surface area contributed by atoms with Crippen molar-refractivity contribution in [1.29, 1.82) is 0 Å². The third kappa shape index (κ3) is 6.48. The van der Waals surface area contributed by atoms with E-state index < -0.39 is 4.92 Å². The molecule has 0 amide bonds. The number of non-ortho nitro benzene ring substituents is 1. The first-order chi connectivity index (χ1) is 9.15. The lowest BCUT2D eigenvalue weighted by Gasteiger charge is -2.30. The molecule has 1 aliphatic rings. The van der Waals surface area contributed by atoms with Gasteiger partial charge < -0.3 is 10.5 Å². The molecular formula is C13H21Cl2N3O3. The van der Waals surface area contributed by atoms with Crippen molar-refractivity contribution in [1.82, 2.24) is 4.90 Å². The minimum absolute atomic E-state index is 0. The Kier molecular flexibility index (Phi) is 9.28. The van der Waals surface area contributed by atoms with E-state index in [1.165, 1.54) is 12.1 Å². The number of halogens is 2. The first-order valence-corrected chi connectivity index (χ1v) is 6.50. The lowest BCUT2D eigenvalue weighted by molar-refractivity contribution is -0.384. The van der Waals surface area contributed by atoms with Crippen LogP contribution in [0, 0.1) is 10.1 Å². The highest BCUT2D eigenvalue weighted by molar-refractivity contribution is 5.85. The van der Waals surface area contributed by atoms with E-state index in [-0.39, 0.29) is 36.5 Å². The van der Waals surface area contributed by atoms with Gasteiger partial charge in [0.1, 0.15) is 12.4 Å². The minimum atomic E-state index is -0.418. The molecule has 8 heteroatoms. The van der Waals surface area contributed by atoms with Crippen LogP contribution in [-0.2, 0) is 0 Å². The second kappa shape index (κ2) is 9.78. The predicted molar refractivity (Wildman–Crippen MR) is 86.7 cm³/mol. The van der Waals surface area contributed by atoms with Crippen molar-refractivity contribution in [3.05, 3.63) is 34.4 Å². The Labute approximate surface area is 136 Å². The molecule has 1 aliphatic heterocycles. The van der Waals surface area contributed by atoms with E-state index in [1.807, 2.05) is 0 Å². The van der Waals surface area contributed by atoms with Gasteiger partial charge in [-0.25, -0.2) is 0 Å². The molecule has 1 aromatic carbocycles. The van der Waals surface area contributed by atoms with Gasteiger partial charge in [-0.2, -0.15) is 0 Å². The predicted octanol–water partition coefficient (Wildman–Crippen LogP) is 2.24. The van der Waals surface area contributed by atoms with Gasteiger partial charge in [0.2, 0.25) is 0 Å². The SMILES string of the molecule is Cl.Cl.NC1CCCN(CCOc2ccc([N+](=O)[O-])cc2)C1. The summed E-state index contributed by atoms with van der Waals surface area (Å²) in [6.07, 6.45) is 2.23. The Bertz CT molecular complexity index is 431. The summed E-state index contributed by atoms with van der Waals surface area (Å²) in [7, 11) is 0. The van der Waals surface area contributed by atoms with Crippen LogP contribution in [-0.4, -0.2) is 42.1 Å². The topological polar surface area (TPSA) is 81.6 Å². The Morgan fingerprint density at radius 3 is 2.57 bits per heavy atom.